The highest BCUT2D eigenvalue weighted by Gasteiger charge is 2.28. The number of aldehydes is 1. The van der Waals surface area contributed by atoms with E-state index in [4.69, 9.17) is 0 Å². The normalized spacial score (nSPS) is 15.7. The van der Waals surface area contributed by atoms with Gasteiger partial charge in [-0.25, -0.2) is 0 Å². The van der Waals surface area contributed by atoms with Gasteiger partial charge in [0.2, 0.25) is 12.3 Å². The first-order valence-corrected chi connectivity index (χ1v) is 13.4. The molecular formula is C28H44N4O4. The van der Waals surface area contributed by atoms with E-state index in [1.807, 2.05) is 13.0 Å². The Kier molecular flexibility index (Phi) is 12.6. The Morgan fingerprint density at radius 3 is 2.33 bits per heavy atom. The number of carbonyl (C=O) groups excluding carboxylic acids is 4. The lowest BCUT2D eigenvalue weighted by atomic mass is 9.99. The van der Waals surface area contributed by atoms with E-state index in [-0.39, 0.29) is 5.56 Å². The Morgan fingerprint density at radius 1 is 1.03 bits per heavy atom. The number of hydrogen-bond acceptors (Lipinski definition) is 6. The third-order valence-electron chi connectivity index (χ3n) is 7.19. The van der Waals surface area contributed by atoms with Crippen molar-refractivity contribution >= 4 is 30.2 Å². The summed E-state index contributed by atoms with van der Waals surface area (Å²) in [7, 11) is 1.53. The number of nitrogens with one attached hydrogen (secondary N) is 1. The van der Waals surface area contributed by atoms with Crippen molar-refractivity contribution in [2.75, 3.05) is 44.7 Å². The molecule has 8 nitrogen and oxygen atoms in total. The van der Waals surface area contributed by atoms with Crippen LogP contribution in [0.1, 0.15) is 86.4 Å². The minimum atomic E-state index is -0.783. The second kappa shape index (κ2) is 15.4. The largest absolute Gasteiger partial charge is 0.369 e. The predicted molar refractivity (Wildman–Crippen MR) is 143 cm³/mol. The van der Waals surface area contributed by atoms with Crippen LogP contribution in [0.25, 0.3) is 0 Å². The molecule has 2 unspecified atom stereocenters. The van der Waals surface area contributed by atoms with Crippen LogP contribution in [0.5, 0.6) is 0 Å². The second-order valence-electron chi connectivity index (χ2n) is 9.95. The van der Waals surface area contributed by atoms with Crippen molar-refractivity contribution in [1.82, 2.24) is 15.1 Å². The van der Waals surface area contributed by atoms with Gasteiger partial charge >= 0.3 is 0 Å². The summed E-state index contributed by atoms with van der Waals surface area (Å²) in [6.45, 7) is 11.3. The summed E-state index contributed by atoms with van der Waals surface area (Å²) in [4.78, 5) is 54.1. The molecule has 0 radical (unpaired) electrons. The maximum atomic E-state index is 13.2. The monoisotopic (exact) mass is 500 g/mol. The zero-order chi connectivity index (χ0) is 26.5. The summed E-state index contributed by atoms with van der Waals surface area (Å²) in [6.07, 6.45) is 8.50. The van der Waals surface area contributed by atoms with Gasteiger partial charge in [0.25, 0.3) is 5.91 Å². The number of carbonyl (C=O) groups is 4. The van der Waals surface area contributed by atoms with Crippen LogP contribution in [0.4, 0.5) is 5.69 Å². The molecule has 1 aliphatic heterocycles. The molecule has 1 N–H and O–H groups in total. The van der Waals surface area contributed by atoms with Gasteiger partial charge in [0.05, 0.1) is 5.56 Å². The number of hydrogen-bond donors (Lipinski definition) is 1. The quantitative estimate of drug-likeness (QED) is 0.291. The predicted octanol–water partition coefficient (Wildman–Crippen LogP) is 3.74. The number of anilines is 1. The number of imide groups is 1. The Morgan fingerprint density at radius 2 is 1.72 bits per heavy atom. The maximum absolute atomic E-state index is 13.2. The average molecular weight is 501 g/mol. The zero-order valence-electron chi connectivity index (χ0n) is 22.5. The third-order valence-corrected chi connectivity index (χ3v) is 7.19. The number of piperazine rings is 1. The van der Waals surface area contributed by atoms with Crippen molar-refractivity contribution in [3.8, 4) is 0 Å². The number of nitrogens with zero attached hydrogens (tertiary/aromatic N) is 3. The van der Waals surface area contributed by atoms with Gasteiger partial charge in [-0.2, -0.15) is 0 Å². The van der Waals surface area contributed by atoms with Crippen LogP contribution >= 0.6 is 0 Å². The summed E-state index contributed by atoms with van der Waals surface area (Å²) in [5.74, 6) is -0.124. The SMILES string of the molecule is CCCC(C)CCCCN1CCN(c2ccc(C(=O)N(C)C(CCC)C(=O)NC=O)c(C=O)c2)CC1. The molecule has 0 bridgehead atoms. The van der Waals surface area contributed by atoms with E-state index in [0.717, 1.165) is 44.3 Å². The van der Waals surface area contributed by atoms with Gasteiger partial charge in [-0.3, -0.25) is 29.4 Å². The first-order valence-electron chi connectivity index (χ1n) is 13.4. The van der Waals surface area contributed by atoms with E-state index in [2.05, 4.69) is 29.0 Å². The lowest BCUT2D eigenvalue weighted by Gasteiger charge is -2.36. The first-order chi connectivity index (χ1) is 17.4. The van der Waals surface area contributed by atoms with Crippen molar-refractivity contribution in [2.45, 2.75) is 71.8 Å². The Balaban J connectivity index is 1.97. The van der Waals surface area contributed by atoms with Crippen LogP contribution < -0.4 is 10.2 Å². The summed E-state index contributed by atoms with van der Waals surface area (Å²) in [6, 6.07) is 4.52. The molecule has 2 atom stereocenters. The van der Waals surface area contributed by atoms with Crippen LogP contribution in [-0.2, 0) is 9.59 Å². The average Bonchev–Trinajstić information content (AvgIpc) is 2.89. The molecule has 0 saturated carbocycles. The van der Waals surface area contributed by atoms with Crippen molar-refractivity contribution in [3.63, 3.8) is 0 Å². The lowest BCUT2D eigenvalue weighted by Crippen LogP contribution is -2.47. The Hall–Kier alpha value is -2.74. The summed E-state index contributed by atoms with van der Waals surface area (Å²) in [5, 5.41) is 2.13. The van der Waals surface area contributed by atoms with Gasteiger partial charge < -0.3 is 9.80 Å². The van der Waals surface area contributed by atoms with Crippen LogP contribution in [0.15, 0.2) is 18.2 Å². The molecule has 1 saturated heterocycles. The smallest absolute Gasteiger partial charge is 0.255 e. The van der Waals surface area contributed by atoms with Crippen molar-refractivity contribution in [1.29, 1.82) is 0 Å². The van der Waals surface area contributed by atoms with Crippen molar-refractivity contribution in [3.05, 3.63) is 29.3 Å². The molecule has 0 aromatic heterocycles. The molecule has 1 aromatic rings. The van der Waals surface area contributed by atoms with Gasteiger partial charge in [0, 0.05) is 44.5 Å². The fourth-order valence-electron chi connectivity index (χ4n) is 4.99. The van der Waals surface area contributed by atoms with Gasteiger partial charge in [-0.05, 0) is 43.5 Å². The highest BCUT2D eigenvalue weighted by atomic mass is 16.2. The Bertz CT molecular complexity index is 867. The second-order valence-corrected chi connectivity index (χ2v) is 9.95. The molecule has 0 spiro atoms. The van der Waals surface area contributed by atoms with E-state index in [1.54, 1.807) is 12.1 Å². The summed E-state index contributed by atoms with van der Waals surface area (Å²) in [5.41, 5.74) is 1.49. The molecule has 36 heavy (non-hydrogen) atoms. The fraction of sp³-hybridized carbons (Fsp3) is 0.643. The van der Waals surface area contributed by atoms with Gasteiger partial charge in [0.15, 0.2) is 6.29 Å². The van der Waals surface area contributed by atoms with E-state index in [9.17, 15) is 19.2 Å². The number of unbranched alkanes of at least 4 members (excludes halogenated alkanes) is 1. The molecule has 1 heterocycles. The maximum Gasteiger partial charge on any atom is 0.255 e. The van der Waals surface area contributed by atoms with Crippen molar-refractivity contribution in [2.24, 2.45) is 5.92 Å². The first kappa shape index (κ1) is 29.5. The molecule has 1 fully saturated rings. The number of likely N-dealkylation sites (N-methyl/N-ethyl adjacent to an activating group) is 1. The van der Waals surface area contributed by atoms with E-state index < -0.39 is 17.9 Å². The summed E-state index contributed by atoms with van der Waals surface area (Å²) < 4.78 is 0. The van der Waals surface area contributed by atoms with Gasteiger partial charge in [0.1, 0.15) is 6.04 Å². The van der Waals surface area contributed by atoms with E-state index in [0.29, 0.717) is 31.1 Å². The van der Waals surface area contributed by atoms with Gasteiger partial charge in [-0.15, -0.1) is 0 Å². The minimum Gasteiger partial charge on any atom is -0.369 e. The molecule has 3 amide bonds. The van der Waals surface area contributed by atoms with Crippen LogP contribution in [-0.4, -0.2) is 80.1 Å². The van der Waals surface area contributed by atoms with E-state index >= 15 is 0 Å². The standard InChI is InChI=1S/C28H44N4O4/c1-5-9-22(3)11-7-8-14-31-15-17-32(18-16-31)24-12-13-25(23(19-24)20-33)28(36)30(4)26(10-6-2)27(35)29-21-34/h12-13,19-22,26H,5-11,14-18H2,1-4H3,(H,29,34,35). The highest BCUT2D eigenvalue weighted by Crippen LogP contribution is 2.23. The number of benzene rings is 1. The number of rotatable bonds is 15. The highest BCUT2D eigenvalue weighted by molar-refractivity contribution is 6.04. The van der Waals surface area contributed by atoms with Crippen LogP contribution in [0.2, 0.25) is 0 Å². The molecule has 2 rings (SSSR count). The molecule has 0 aliphatic carbocycles. The van der Waals surface area contributed by atoms with Crippen LogP contribution in [0, 0.1) is 5.92 Å². The topological polar surface area (TPSA) is 90.0 Å². The lowest BCUT2D eigenvalue weighted by molar-refractivity contribution is -0.128. The molecular weight excluding hydrogens is 456 g/mol. The van der Waals surface area contributed by atoms with Crippen LogP contribution in [0.3, 0.4) is 0 Å². The third kappa shape index (κ3) is 8.43. The molecule has 1 aromatic carbocycles. The molecule has 8 heteroatoms. The molecule has 200 valence electrons. The van der Waals surface area contributed by atoms with E-state index in [1.165, 1.54) is 44.1 Å². The minimum absolute atomic E-state index is 0.257. The van der Waals surface area contributed by atoms with Gasteiger partial charge in [-0.1, -0.05) is 52.9 Å². The fourth-order valence-corrected chi connectivity index (χ4v) is 4.99. The molecule has 1 aliphatic rings. The number of amides is 3. The zero-order valence-corrected chi connectivity index (χ0v) is 22.5. The Labute approximate surface area is 216 Å². The summed E-state index contributed by atoms with van der Waals surface area (Å²) >= 11 is 0. The van der Waals surface area contributed by atoms with Crippen molar-refractivity contribution < 1.29 is 19.2 Å².